The van der Waals surface area contributed by atoms with Crippen LogP contribution in [0.1, 0.15) is 10.4 Å². The molecule has 0 amide bonds. The molecule has 2 heterocycles. The van der Waals surface area contributed by atoms with E-state index in [1.165, 1.54) is 11.3 Å². The zero-order valence-corrected chi connectivity index (χ0v) is 12.7. The lowest BCUT2D eigenvalue weighted by molar-refractivity contribution is 0.174. The third-order valence-corrected chi connectivity index (χ3v) is 6.01. The van der Waals surface area contributed by atoms with E-state index in [-0.39, 0.29) is 17.5 Å². The fraction of sp³-hybridized carbons (Fsp3) is 0.231. The number of ether oxygens (including phenoxy) is 2. The molecule has 3 rings (SSSR count). The maximum atomic E-state index is 12.2. The summed E-state index contributed by atoms with van der Waals surface area (Å²) in [5.41, 5.74) is 6.30. The van der Waals surface area contributed by atoms with E-state index in [4.69, 9.17) is 15.2 Å². The van der Waals surface area contributed by atoms with Gasteiger partial charge in [0.1, 0.15) is 4.21 Å². The number of hydrogen-bond acceptors (Lipinski definition) is 6. The quantitative estimate of drug-likeness (QED) is 0.867. The predicted octanol–water partition coefficient (Wildman–Crippen LogP) is 1.41. The predicted molar refractivity (Wildman–Crippen MR) is 78.8 cm³/mol. The first-order valence-corrected chi connectivity index (χ1v) is 8.55. The molecular weight excluding hydrogens is 312 g/mol. The average molecular weight is 326 g/mol. The van der Waals surface area contributed by atoms with Crippen LogP contribution in [-0.2, 0) is 23.1 Å². The van der Waals surface area contributed by atoms with E-state index < -0.39 is 10.0 Å². The summed E-state index contributed by atoms with van der Waals surface area (Å²) in [5.74, 6) is 1.31. The second-order valence-electron chi connectivity index (χ2n) is 4.44. The number of thiophene rings is 1. The lowest BCUT2D eigenvalue weighted by Gasteiger charge is -2.06. The highest BCUT2D eigenvalue weighted by Gasteiger charge is 2.18. The summed E-state index contributed by atoms with van der Waals surface area (Å²) in [5, 5.41) is 0. The van der Waals surface area contributed by atoms with Gasteiger partial charge in [0.25, 0.3) is 0 Å². The normalized spacial score (nSPS) is 13.6. The molecule has 0 atom stereocenters. The van der Waals surface area contributed by atoms with Crippen molar-refractivity contribution in [1.29, 1.82) is 0 Å². The Morgan fingerprint density at radius 2 is 2.00 bits per heavy atom. The fourth-order valence-corrected chi connectivity index (χ4v) is 4.21. The standard InChI is InChI=1S/C13H14N2O4S2/c14-6-10-2-4-13(20-10)21(16,17)15-7-9-1-3-11-12(5-9)19-8-18-11/h1-5,15H,6-8,14H2. The summed E-state index contributed by atoms with van der Waals surface area (Å²) in [6, 6.07) is 8.62. The van der Waals surface area contributed by atoms with Gasteiger partial charge in [-0.1, -0.05) is 6.07 Å². The number of hydrogen-bond donors (Lipinski definition) is 2. The van der Waals surface area contributed by atoms with Gasteiger partial charge in [-0.05, 0) is 29.8 Å². The molecule has 3 N–H and O–H groups in total. The van der Waals surface area contributed by atoms with Crippen LogP contribution in [0.25, 0.3) is 0 Å². The third kappa shape index (κ3) is 3.03. The molecule has 0 saturated heterocycles. The zero-order chi connectivity index (χ0) is 14.9. The first kappa shape index (κ1) is 14.3. The molecule has 2 aromatic rings. The average Bonchev–Trinajstić information content (AvgIpc) is 3.13. The Morgan fingerprint density at radius 3 is 2.76 bits per heavy atom. The van der Waals surface area contributed by atoms with Gasteiger partial charge >= 0.3 is 0 Å². The monoisotopic (exact) mass is 326 g/mol. The molecule has 0 fully saturated rings. The number of sulfonamides is 1. The molecule has 0 bridgehead atoms. The highest BCUT2D eigenvalue weighted by Crippen LogP contribution is 2.32. The van der Waals surface area contributed by atoms with Crippen molar-refractivity contribution < 1.29 is 17.9 Å². The van der Waals surface area contributed by atoms with E-state index >= 15 is 0 Å². The Labute approximate surface area is 126 Å². The van der Waals surface area contributed by atoms with Crippen molar-refractivity contribution in [3.8, 4) is 11.5 Å². The van der Waals surface area contributed by atoms with Crippen LogP contribution in [0.5, 0.6) is 11.5 Å². The van der Waals surface area contributed by atoms with Gasteiger partial charge in [0.15, 0.2) is 11.5 Å². The van der Waals surface area contributed by atoms with Crippen LogP contribution < -0.4 is 19.9 Å². The summed E-state index contributed by atoms with van der Waals surface area (Å²) in [4.78, 5) is 0.832. The molecule has 112 valence electrons. The fourth-order valence-electron chi connectivity index (χ4n) is 1.91. The number of benzene rings is 1. The number of rotatable bonds is 5. The summed E-state index contributed by atoms with van der Waals surface area (Å²) >= 11 is 1.17. The lowest BCUT2D eigenvalue weighted by atomic mass is 10.2. The van der Waals surface area contributed by atoms with Crippen LogP contribution in [0.15, 0.2) is 34.5 Å². The Kier molecular flexibility index (Phi) is 3.85. The SMILES string of the molecule is NCc1ccc(S(=O)(=O)NCc2ccc3c(c2)OCO3)s1. The molecule has 6 nitrogen and oxygen atoms in total. The van der Waals surface area contributed by atoms with Crippen molar-refractivity contribution in [2.24, 2.45) is 5.73 Å². The van der Waals surface area contributed by atoms with Crippen molar-refractivity contribution in [3.63, 3.8) is 0 Å². The highest BCUT2D eigenvalue weighted by molar-refractivity contribution is 7.91. The van der Waals surface area contributed by atoms with Gasteiger partial charge in [0, 0.05) is 18.0 Å². The summed E-state index contributed by atoms with van der Waals surface area (Å²) in [7, 11) is -3.52. The smallest absolute Gasteiger partial charge is 0.250 e. The van der Waals surface area contributed by atoms with Gasteiger partial charge in [-0.15, -0.1) is 11.3 Å². The van der Waals surface area contributed by atoms with E-state index in [1.807, 2.05) is 0 Å². The van der Waals surface area contributed by atoms with Crippen LogP contribution in [0.4, 0.5) is 0 Å². The van der Waals surface area contributed by atoms with Gasteiger partial charge in [0.05, 0.1) is 0 Å². The van der Waals surface area contributed by atoms with E-state index in [1.54, 1.807) is 30.3 Å². The van der Waals surface area contributed by atoms with Crippen molar-refractivity contribution in [2.45, 2.75) is 17.3 Å². The summed E-state index contributed by atoms with van der Waals surface area (Å²) < 4.78 is 37.6. The molecule has 21 heavy (non-hydrogen) atoms. The van der Waals surface area contributed by atoms with Crippen LogP contribution in [0.3, 0.4) is 0 Å². The highest BCUT2D eigenvalue weighted by atomic mass is 32.2. The van der Waals surface area contributed by atoms with E-state index in [2.05, 4.69) is 4.72 Å². The van der Waals surface area contributed by atoms with Crippen LogP contribution in [0.2, 0.25) is 0 Å². The summed E-state index contributed by atoms with van der Waals surface area (Å²) in [6.45, 7) is 0.721. The van der Waals surface area contributed by atoms with Crippen molar-refractivity contribution in [3.05, 3.63) is 40.8 Å². The molecule has 1 aromatic heterocycles. The summed E-state index contributed by atoms with van der Waals surface area (Å²) in [6.07, 6.45) is 0. The van der Waals surface area contributed by atoms with Crippen LogP contribution in [-0.4, -0.2) is 15.2 Å². The number of nitrogens with one attached hydrogen (secondary N) is 1. The van der Waals surface area contributed by atoms with Gasteiger partial charge < -0.3 is 15.2 Å². The minimum atomic E-state index is -3.52. The molecule has 0 spiro atoms. The van der Waals surface area contributed by atoms with Crippen LogP contribution >= 0.6 is 11.3 Å². The van der Waals surface area contributed by atoms with Crippen molar-refractivity contribution in [1.82, 2.24) is 4.72 Å². The molecule has 1 aromatic carbocycles. The van der Waals surface area contributed by atoms with Gasteiger partial charge in [-0.3, -0.25) is 0 Å². The van der Waals surface area contributed by atoms with Crippen molar-refractivity contribution >= 4 is 21.4 Å². The lowest BCUT2D eigenvalue weighted by Crippen LogP contribution is -2.22. The molecule has 1 aliphatic rings. The Morgan fingerprint density at radius 1 is 1.19 bits per heavy atom. The van der Waals surface area contributed by atoms with Crippen molar-refractivity contribution in [2.75, 3.05) is 6.79 Å². The second kappa shape index (κ2) is 5.64. The maximum Gasteiger partial charge on any atom is 0.250 e. The van der Waals surface area contributed by atoms with E-state index in [9.17, 15) is 8.42 Å². The van der Waals surface area contributed by atoms with Gasteiger partial charge in [0.2, 0.25) is 16.8 Å². The first-order valence-electron chi connectivity index (χ1n) is 6.25. The topological polar surface area (TPSA) is 90.7 Å². The number of fused-ring (bicyclic) bond motifs is 1. The van der Waals surface area contributed by atoms with Gasteiger partial charge in [-0.25, -0.2) is 13.1 Å². The molecule has 0 aliphatic carbocycles. The Bertz CT molecular complexity index is 755. The largest absolute Gasteiger partial charge is 0.454 e. The van der Waals surface area contributed by atoms with E-state index in [0.717, 1.165) is 10.4 Å². The second-order valence-corrected chi connectivity index (χ2v) is 7.60. The molecule has 0 unspecified atom stereocenters. The molecule has 1 aliphatic heterocycles. The molecule has 8 heteroatoms. The number of nitrogens with two attached hydrogens (primary N) is 1. The Hall–Kier alpha value is -1.61. The minimum Gasteiger partial charge on any atom is -0.454 e. The first-order chi connectivity index (χ1) is 10.1. The van der Waals surface area contributed by atoms with E-state index in [0.29, 0.717) is 18.0 Å². The van der Waals surface area contributed by atoms with Crippen LogP contribution in [0, 0.1) is 0 Å². The third-order valence-electron chi connectivity index (χ3n) is 3.01. The van der Waals surface area contributed by atoms with Gasteiger partial charge in [-0.2, -0.15) is 0 Å². The molecular formula is C13H14N2O4S2. The Balaban J connectivity index is 1.71. The zero-order valence-electron chi connectivity index (χ0n) is 11.0. The maximum absolute atomic E-state index is 12.2. The minimum absolute atomic E-state index is 0.189. The molecule has 0 radical (unpaired) electrons. The molecule has 0 saturated carbocycles.